The van der Waals surface area contributed by atoms with E-state index in [0.717, 1.165) is 13.0 Å². The molecule has 2 heteroatoms. The average Bonchev–Trinajstić information content (AvgIpc) is 2.19. The van der Waals surface area contributed by atoms with Crippen LogP contribution in [0, 0.1) is 6.92 Å². The lowest BCUT2D eigenvalue weighted by molar-refractivity contribution is 0.176. The van der Waals surface area contributed by atoms with Crippen molar-refractivity contribution in [1.82, 2.24) is 0 Å². The van der Waals surface area contributed by atoms with Crippen molar-refractivity contribution >= 4 is 0 Å². The average molecular weight is 193 g/mol. The third-order valence-corrected chi connectivity index (χ3v) is 2.43. The Bertz CT molecular complexity index is 250. The molecule has 0 amide bonds. The predicted molar refractivity (Wildman–Crippen MR) is 59.5 cm³/mol. The minimum Gasteiger partial charge on any atom is -0.384 e. The summed E-state index contributed by atoms with van der Waals surface area (Å²) >= 11 is 0. The largest absolute Gasteiger partial charge is 0.384 e. The number of nitrogens with two attached hydrogens (primary N) is 1. The molecule has 0 radical (unpaired) electrons. The zero-order chi connectivity index (χ0) is 10.4. The van der Waals surface area contributed by atoms with Crippen LogP contribution in [0.4, 0.5) is 0 Å². The van der Waals surface area contributed by atoms with Gasteiger partial charge in [0.1, 0.15) is 0 Å². The molecule has 2 nitrogen and oxygen atoms in total. The van der Waals surface area contributed by atoms with E-state index in [-0.39, 0.29) is 0 Å². The van der Waals surface area contributed by atoms with Gasteiger partial charge in [-0.2, -0.15) is 0 Å². The molecule has 0 fully saturated rings. The number of rotatable bonds is 5. The Morgan fingerprint density at radius 1 is 1.29 bits per heavy atom. The van der Waals surface area contributed by atoms with Crippen LogP contribution >= 0.6 is 0 Å². The van der Waals surface area contributed by atoms with Gasteiger partial charge in [0, 0.05) is 13.0 Å². The maximum absolute atomic E-state index is 5.57. The first-order valence-corrected chi connectivity index (χ1v) is 5.03. The Morgan fingerprint density at radius 3 is 2.43 bits per heavy atom. The van der Waals surface area contributed by atoms with Crippen LogP contribution in [0.1, 0.15) is 23.5 Å². The van der Waals surface area contributed by atoms with Gasteiger partial charge >= 0.3 is 0 Å². The molecule has 14 heavy (non-hydrogen) atoms. The molecule has 1 aromatic carbocycles. The van der Waals surface area contributed by atoms with Crippen molar-refractivity contribution in [3.05, 3.63) is 35.4 Å². The highest BCUT2D eigenvalue weighted by molar-refractivity contribution is 5.24. The molecule has 1 atom stereocenters. The predicted octanol–water partition coefficient (Wildman–Crippen LogP) is 2.07. The van der Waals surface area contributed by atoms with E-state index in [1.54, 1.807) is 7.11 Å². The number of ether oxygens (including phenoxy) is 1. The topological polar surface area (TPSA) is 35.2 Å². The molecule has 0 heterocycles. The number of methoxy groups -OCH3 is 1. The molecule has 0 saturated carbocycles. The molecule has 0 aliphatic rings. The lowest BCUT2D eigenvalue weighted by Gasteiger charge is -2.15. The van der Waals surface area contributed by atoms with E-state index in [1.807, 2.05) is 0 Å². The van der Waals surface area contributed by atoms with Gasteiger partial charge in [-0.3, -0.25) is 0 Å². The van der Waals surface area contributed by atoms with Gasteiger partial charge in [-0.15, -0.1) is 0 Å². The SMILES string of the molecule is COCC(CCN)c1ccc(C)cc1. The summed E-state index contributed by atoms with van der Waals surface area (Å²) in [4.78, 5) is 0. The first-order chi connectivity index (χ1) is 6.77. The highest BCUT2D eigenvalue weighted by atomic mass is 16.5. The maximum atomic E-state index is 5.57. The third-order valence-electron chi connectivity index (χ3n) is 2.43. The Hall–Kier alpha value is -0.860. The van der Waals surface area contributed by atoms with E-state index in [4.69, 9.17) is 10.5 Å². The zero-order valence-electron chi connectivity index (χ0n) is 8.99. The van der Waals surface area contributed by atoms with E-state index < -0.39 is 0 Å². The standard InChI is InChI=1S/C12H19NO/c1-10-3-5-11(6-4-10)12(7-8-13)9-14-2/h3-6,12H,7-9,13H2,1-2H3. The summed E-state index contributed by atoms with van der Waals surface area (Å²) in [6, 6.07) is 8.59. The second kappa shape index (κ2) is 5.78. The summed E-state index contributed by atoms with van der Waals surface area (Å²) in [5.74, 6) is 0.436. The molecule has 0 aromatic heterocycles. The van der Waals surface area contributed by atoms with Crippen molar-refractivity contribution in [2.75, 3.05) is 20.3 Å². The highest BCUT2D eigenvalue weighted by Crippen LogP contribution is 2.19. The molecule has 1 rings (SSSR count). The van der Waals surface area contributed by atoms with Gasteiger partial charge in [0.25, 0.3) is 0 Å². The van der Waals surface area contributed by atoms with Crippen molar-refractivity contribution in [2.45, 2.75) is 19.3 Å². The number of aryl methyl sites for hydroxylation is 1. The van der Waals surface area contributed by atoms with Crippen LogP contribution in [0.2, 0.25) is 0 Å². The second-order valence-electron chi connectivity index (χ2n) is 3.64. The lowest BCUT2D eigenvalue weighted by atomic mass is 9.96. The fourth-order valence-electron chi connectivity index (χ4n) is 1.59. The van der Waals surface area contributed by atoms with Crippen molar-refractivity contribution in [3.8, 4) is 0 Å². The van der Waals surface area contributed by atoms with Crippen LogP contribution in [0.15, 0.2) is 24.3 Å². The minimum atomic E-state index is 0.436. The molecule has 0 aliphatic carbocycles. The van der Waals surface area contributed by atoms with Gasteiger partial charge < -0.3 is 10.5 Å². The molecule has 0 spiro atoms. The number of hydrogen-bond acceptors (Lipinski definition) is 2. The first-order valence-electron chi connectivity index (χ1n) is 5.03. The minimum absolute atomic E-state index is 0.436. The van der Waals surface area contributed by atoms with E-state index in [9.17, 15) is 0 Å². The van der Waals surface area contributed by atoms with Crippen LogP contribution in [0.3, 0.4) is 0 Å². The van der Waals surface area contributed by atoms with Gasteiger partial charge in [-0.1, -0.05) is 29.8 Å². The van der Waals surface area contributed by atoms with Crippen molar-refractivity contribution < 1.29 is 4.74 Å². The van der Waals surface area contributed by atoms with Crippen LogP contribution in [-0.2, 0) is 4.74 Å². The van der Waals surface area contributed by atoms with Crippen LogP contribution in [-0.4, -0.2) is 20.3 Å². The Kier molecular flexibility index (Phi) is 4.63. The Morgan fingerprint density at radius 2 is 1.93 bits per heavy atom. The first kappa shape index (κ1) is 11.2. The molecule has 0 aliphatic heterocycles. The fraction of sp³-hybridized carbons (Fsp3) is 0.500. The van der Waals surface area contributed by atoms with Crippen LogP contribution < -0.4 is 5.73 Å². The Balaban J connectivity index is 2.71. The molecule has 1 unspecified atom stereocenters. The summed E-state index contributed by atoms with van der Waals surface area (Å²) in [7, 11) is 1.73. The smallest absolute Gasteiger partial charge is 0.0531 e. The molecule has 78 valence electrons. The van der Waals surface area contributed by atoms with E-state index in [1.165, 1.54) is 11.1 Å². The summed E-state index contributed by atoms with van der Waals surface area (Å²) in [6.07, 6.45) is 0.983. The van der Waals surface area contributed by atoms with Gasteiger partial charge in [0.05, 0.1) is 6.61 Å². The van der Waals surface area contributed by atoms with Crippen molar-refractivity contribution in [2.24, 2.45) is 5.73 Å². The van der Waals surface area contributed by atoms with Gasteiger partial charge in [0.2, 0.25) is 0 Å². The molecule has 2 N–H and O–H groups in total. The summed E-state index contributed by atoms with van der Waals surface area (Å²) in [6.45, 7) is 3.56. The van der Waals surface area contributed by atoms with Crippen molar-refractivity contribution in [1.29, 1.82) is 0 Å². The molecule has 1 aromatic rings. The number of benzene rings is 1. The highest BCUT2D eigenvalue weighted by Gasteiger charge is 2.09. The van der Waals surface area contributed by atoms with Crippen LogP contribution in [0.5, 0.6) is 0 Å². The van der Waals surface area contributed by atoms with E-state index in [0.29, 0.717) is 12.5 Å². The zero-order valence-corrected chi connectivity index (χ0v) is 8.99. The normalized spacial score (nSPS) is 12.8. The quantitative estimate of drug-likeness (QED) is 0.777. The van der Waals surface area contributed by atoms with Gasteiger partial charge in [0.15, 0.2) is 0 Å². The van der Waals surface area contributed by atoms with Crippen molar-refractivity contribution in [3.63, 3.8) is 0 Å². The van der Waals surface area contributed by atoms with E-state index in [2.05, 4.69) is 31.2 Å². The molecular weight excluding hydrogens is 174 g/mol. The summed E-state index contributed by atoms with van der Waals surface area (Å²) in [5, 5.41) is 0. The number of hydrogen-bond donors (Lipinski definition) is 1. The van der Waals surface area contributed by atoms with E-state index >= 15 is 0 Å². The second-order valence-corrected chi connectivity index (χ2v) is 3.64. The summed E-state index contributed by atoms with van der Waals surface area (Å²) in [5.41, 5.74) is 8.18. The monoisotopic (exact) mass is 193 g/mol. The molecule has 0 saturated heterocycles. The lowest BCUT2D eigenvalue weighted by Crippen LogP contribution is -2.12. The fourth-order valence-corrected chi connectivity index (χ4v) is 1.59. The molecule has 0 bridgehead atoms. The third kappa shape index (κ3) is 3.13. The van der Waals surface area contributed by atoms with Gasteiger partial charge in [-0.25, -0.2) is 0 Å². The summed E-state index contributed by atoms with van der Waals surface area (Å²) < 4.78 is 5.19. The Labute approximate surface area is 86.1 Å². The van der Waals surface area contributed by atoms with Crippen LogP contribution in [0.25, 0.3) is 0 Å². The maximum Gasteiger partial charge on any atom is 0.0531 e. The molecular formula is C12H19NO. The van der Waals surface area contributed by atoms with Gasteiger partial charge in [-0.05, 0) is 25.5 Å².